The van der Waals surface area contributed by atoms with Gasteiger partial charge < -0.3 is 10.6 Å². The number of thioether (sulfide) groups is 1. The molecule has 0 saturated carbocycles. The summed E-state index contributed by atoms with van der Waals surface area (Å²) in [6.07, 6.45) is 4.23. The number of aromatic nitrogens is 2. The third kappa shape index (κ3) is 4.66. The minimum atomic E-state index is -0.105. The Morgan fingerprint density at radius 1 is 1.15 bits per heavy atom. The molecule has 2 aromatic rings. The summed E-state index contributed by atoms with van der Waals surface area (Å²) in [5.74, 6) is 1.07. The number of amides is 2. The number of anilines is 2. The first-order valence-electron chi connectivity index (χ1n) is 8.82. The van der Waals surface area contributed by atoms with Crippen LogP contribution in [0.5, 0.6) is 0 Å². The predicted octanol–water partition coefficient (Wildman–Crippen LogP) is 2.92. The molecule has 0 aliphatic heterocycles. The average molecular weight is 372 g/mol. The molecule has 2 N–H and O–H groups in total. The first-order chi connectivity index (χ1) is 12.5. The maximum absolute atomic E-state index is 12.2. The fourth-order valence-corrected chi connectivity index (χ4v) is 3.78. The van der Waals surface area contributed by atoms with Crippen LogP contribution in [0.2, 0.25) is 0 Å². The zero-order chi connectivity index (χ0) is 18.5. The SMILES string of the molecule is Cc1cccc(NC(=O)CSCC(=O)Nc2c3c(nn2C)CCCC3)c1. The van der Waals surface area contributed by atoms with E-state index in [4.69, 9.17) is 0 Å². The highest BCUT2D eigenvalue weighted by Gasteiger charge is 2.20. The van der Waals surface area contributed by atoms with E-state index in [9.17, 15) is 9.59 Å². The Balaban J connectivity index is 1.46. The maximum atomic E-state index is 12.2. The Morgan fingerprint density at radius 2 is 1.88 bits per heavy atom. The second kappa shape index (κ2) is 8.40. The van der Waals surface area contributed by atoms with E-state index in [-0.39, 0.29) is 23.3 Å². The second-order valence-corrected chi connectivity index (χ2v) is 7.55. The molecule has 0 saturated heterocycles. The summed E-state index contributed by atoms with van der Waals surface area (Å²) >= 11 is 1.30. The minimum Gasteiger partial charge on any atom is -0.325 e. The average Bonchev–Trinajstić information content (AvgIpc) is 2.90. The molecule has 0 unspecified atom stereocenters. The van der Waals surface area contributed by atoms with Crippen LogP contribution in [0.4, 0.5) is 11.5 Å². The highest BCUT2D eigenvalue weighted by molar-refractivity contribution is 8.00. The summed E-state index contributed by atoms with van der Waals surface area (Å²) in [7, 11) is 1.86. The molecule has 0 atom stereocenters. The number of nitrogens with zero attached hydrogens (tertiary/aromatic N) is 2. The molecule has 1 heterocycles. The van der Waals surface area contributed by atoms with Crippen LogP contribution in [-0.4, -0.2) is 33.1 Å². The van der Waals surface area contributed by atoms with E-state index in [0.29, 0.717) is 0 Å². The molecule has 138 valence electrons. The van der Waals surface area contributed by atoms with E-state index in [0.717, 1.165) is 54.0 Å². The molecule has 1 aromatic heterocycles. The Hall–Kier alpha value is -2.28. The van der Waals surface area contributed by atoms with Crippen molar-refractivity contribution >= 4 is 35.1 Å². The monoisotopic (exact) mass is 372 g/mol. The van der Waals surface area contributed by atoms with Gasteiger partial charge in [-0.15, -0.1) is 11.8 Å². The Morgan fingerprint density at radius 3 is 2.65 bits per heavy atom. The Bertz CT molecular complexity index is 816. The van der Waals surface area contributed by atoms with Crippen LogP contribution in [-0.2, 0) is 29.5 Å². The van der Waals surface area contributed by atoms with Gasteiger partial charge in [0.2, 0.25) is 11.8 Å². The van der Waals surface area contributed by atoms with Gasteiger partial charge in [0.1, 0.15) is 5.82 Å². The van der Waals surface area contributed by atoms with Crippen molar-refractivity contribution in [2.75, 3.05) is 22.1 Å². The molecule has 1 aliphatic rings. The number of fused-ring (bicyclic) bond motifs is 1. The van der Waals surface area contributed by atoms with Crippen LogP contribution in [0.3, 0.4) is 0 Å². The van der Waals surface area contributed by atoms with Crippen molar-refractivity contribution in [2.45, 2.75) is 32.6 Å². The molecule has 3 rings (SSSR count). The lowest BCUT2D eigenvalue weighted by molar-refractivity contribution is -0.114. The van der Waals surface area contributed by atoms with Crippen LogP contribution in [0.1, 0.15) is 29.7 Å². The molecule has 6 nitrogen and oxygen atoms in total. The number of nitrogens with one attached hydrogen (secondary N) is 2. The quantitative estimate of drug-likeness (QED) is 0.817. The van der Waals surface area contributed by atoms with Gasteiger partial charge in [0.05, 0.1) is 17.2 Å². The minimum absolute atomic E-state index is 0.102. The van der Waals surface area contributed by atoms with Gasteiger partial charge in [0.25, 0.3) is 0 Å². The molecule has 26 heavy (non-hydrogen) atoms. The standard InChI is InChI=1S/C19H24N4O2S/c1-13-6-5-7-14(10-13)20-17(24)11-26-12-18(25)21-19-15-8-3-4-9-16(15)22-23(19)2/h5-7,10H,3-4,8-9,11-12H2,1-2H3,(H,20,24)(H,21,25). The van der Waals surface area contributed by atoms with Crippen molar-refractivity contribution in [3.05, 3.63) is 41.1 Å². The number of carbonyl (C=O) groups is 2. The lowest BCUT2D eigenvalue weighted by Crippen LogP contribution is -2.20. The molecule has 0 fully saturated rings. The van der Waals surface area contributed by atoms with Crippen LogP contribution in [0, 0.1) is 6.92 Å². The molecule has 1 aromatic carbocycles. The van der Waals surface area contributed by atoms with E-state index in [1.807, 2.05) is 38.2 Å². The van der Waals surface area contributed by atoms with Crippen LogP contribution < -0.4 is 10.6 Å². The number of hydrogen-bond donors (Lipinski definition) is 2. The van der Waals surface area contributed by atoms with Gasteiger partial charge in [0.15, 0.2) is 0 Å². The topological polar surface area (TPSA) is 76.0 Å². The second-order valence-electron chi connectivity index (χ2n) is 6.56. The molecular formula is C19H24N4O2S. The molecular weight excluding hydrogens is 348 g/mol. The molecule has 0 spiro atoms. The zero-order valence-corrected chi connectivity index (χ0v) is 16.0. The van der Waals surface area contributed by atoms with Gasteiger partial charge >= 0.3 is 0 Å². The summed E-state index contributed by atoms with van der Waals surface area (Å²) in [5, 5.41) is 10.3. The van der Waals surface area contributed by atoms with E-state index in [1.165, 1.54) is 11.8 Å². The van der Waals surface area contributed by atoms with Crippen LogP contribution >= 0.6 is 11.8 Å². The van der Waals surface area contributed by atoms with Crippen molar-refractivity contribution in [3.63, 3.8) is 0 Å². The molecule has 2 amide bonds. The molecule has 0 bridgehead atoms. The third-order valence-electron chi connectivity index (χ3n) is 4.34. The largest absolute Gasteiger partial charge is 0.325 e. The maximum Gasteiger partial charge on any atom is 0.235 e. The first-order valence-corrected chi connectivity index (χ1v) is 9.97. The van der Waals surface area contributed by atoms with Crippen molar-refractivity contribution in [1.82, 2.24) is 9.78 Å². The van der Waals surface area contributed by atoms with Crippen molar-refractivity contribution in [2.24, 2.45) is 7.05 Å². The summed E-state index contributed by atoms with van der Waals surface area (Å²) in [4.78, 5) is 24.2. The Labute approximate surface area is 157 Å². The summed E-state index contributed by atoms with van der Waals surface area (Å²) in [5.41, 5.74) is 4.13. The summed E-state index contributed by atoms with van der Waals surface area (Å²) in [6, 6.07) is 7.65. The lowest BCUT2D eigenvalue weighted by Gasteiger charge is -2.12. The Kier molecular flexibility index (Phi) is 5.98. The smallest absolute Gasteiger partial charge is 0.235 e. The van der Waals surface area contributed by atoms with Gasteiger partial charge in [0, 0.05) is 18.3 Å². The third-order valence-corrected chi connectivity index (χ3v) is 5.28. The highest BCUT2D eigenvalue weighted by Crippen LogP contribution is 2.27. The highest BCUT2D eigenvalue weighted by atomic mass is 32.2. The normalized spacial score (nSPS) is 13.2. The summed E-state index contributed by atoms with van der Waals surface area (Å²) < 4.78 is 1.75. The van der Waals surface area contributed by atoms with Gasteiger partial charge in [-0.3, -0.25) is 14.3 Å². The van der Waals surface area contributed by atoms with E-state index >= 15 is 0 Å². The van der Waals surface area contributed by atoms with Crippen molar-refractivity contribution in [1.29, 1.82) is 0 Å². The number of carbonyl (C=O) groups excluding carboxylic acids is 2. The number of hydrogen-bond acceptors (Lipinski definition) is 4. The number of benzene rings is 1. The summed E-state index contributed by atoms with van der Waals surface area (Å²) in [6.45, 7) is 1.98. The number of rotatable bonds is 6. The van der Waals surface area contributed by atoms with E-state index in [2.05, 4.69) is 15.7 Å². The zero-order valence-electron chi connectivity index (χ0n) is 15.2. The lowest BCUT2D eigenvalue weighted by atomic mass is 9.97. The fraction of sp³-hybridized carbons (Fsp3) is 0.421. The first kappa shape index (κ1) is 18.5. The molecule has 0 radical (unpaired) electrons. The van der Waals surface area contributed by atoms with Crippen molar-refractivity contribution in [3.8, 4) is 0 Å². The van der Waals surface area contributed by atoms with E-state index < -0.39 is 0 Å². The van der Waals surface area contributed by atoms with E-state index in [1.54, 1.807) is 4.68 Å². The van der Waals surface area contributed by atoms with Crippen molar-refractivity contribution < 1.29 is 9.59 Å². The van der Waals surface area contributed by atoms with Gasteiger partial charge in [-0.05, 0) is 50.3 Å². The number of aryl methyl sites for hydroxylation is 3. The predicted molar refractivity (Wildman–Crippen MR) is 106 cm³/mol. The van der Waals surface area contributed by atoms with Gasteiger partial charge in [-0.2, -0.15) is 5.10 Å². The van der Waals surface area contributed by atoms with Crippen LogP contribution in [0.25, 0.3) is 0 Å². The molecule has 1 aliphatic carbocycles. The fourth-order valence-electron chi connectivity index (χ4n) is 3.16. The molecule has 7 heteroatoms. The van der Waals surface area contributed by atoms with Gasteiger partial charge in [-0.1, -0.05) is 12.1 Å². The van der Waals surface area contributed by atoms with Gasteiger partial charge in [-0.25, -0.2) is 0 Å². The van der Waals surface area contributed by atoms with Crippen LogP contribution in [0.15, 0.2) is 24.3 Å².